The van der Waals surface area contributed by atoms with Gasteiger partial charge < -0.3 is 10.2 Å². The molecule has 0 saturated heterocycles. The molecule has 1 heterocycles. The molecule has 0 unspecified atom stereocenters. The van der Waals surface area contributed by atoms with Crippen LogP contribution in [0.1, 0.15) is 19.4 Å². The largest absolute Gasteiger partial charge is 0.423 e. The smallest absolute Gasteiger partial charge is 0.417 e. The van der Waals surface area contributed by atoms with E-state index >= 15 is 0 Å². The zero-order valence-electron chi connectivity index (χ0n) is 9.84. The molecule has 98 valence electrons. The lowest BCUT2D eigenvalue weighted by Crippen LogP contribution is -2.11. The molecule has 1 aromatic carbocycles. The fourth-order valence-corrected chi connectivity index (χ4v) is 1.41. The van der Waals surface area contributed by atoms with Crippen LogP contribution in [0.15, 0.2) is 33.5 Å². The predicted octanol–water partition coefficient (Wildman–Crippen LogP) is 3.42. The van der Waals surface area contributed by atoms with Crippen LogP contribution in [0.3, 0.4) is 0 Å². The van der Waals surface area contributed by atoms with Gasteiger partial charge in [-0.3, -0.25) is 0 Å². The highest BCUT2D eigenvalue weighted by atomic mass is 19.4. The number of nitrogens with two attached hydrogens (primary N) is 1. The molecule has 0 radical (unpaired) electrons. The first-order chi connectivity index (χ1) is 8.38. The molecule has 0 atom stereocenters. The van der Waals surface area contributed by atoms with E-state index in [1.54, 1.807) is 0 Å². The summed E-state index contributed by atoms with van der Waals surface area (Å²) in [6.45, 7) is 4.00. The summed E-state index contributed by atoms with van der Waals surface area (Å²) >= 11 is 0. The Bertz CT molecular complexity index is 602. The van der Waals surface area contributed by atoms with Gasteiger partial charge in [0.15, 0.2) is 0 Å². The third-order valence-electron chi connectivity index (χ3n) is 2.07. The number of rotatable bonds is 0. The summed E-state index contributed by atoms with van der Waals surface area (Å²) in [6.07, 6.45) is -4.59. The molecule has 1 aromatic heterocycles. The maximum absolute atomic E-state index is 12.6. The highest BCUT2D eigenvalue weighted by Crippen LogP contribution is 2.34. The first-order valence-corrected chi connectivity index (χ1v) is 5.28. The van der Waals surface area contributed by atoms with E-state index in [4.69, 9.17) is 5.73 Å². The average Bonchev–Trinajstić information content (AvgIpc) is 2.28. The minimum Gasteiger partial charge on any atom is -0.423 e. The summed E-state index contributed by atoms with van der Waals surface area (Å²) in [5, 5.41) is -0.179. The molecule has 2 rings (SSSR count). The second kappa shape index (κ2) is 5.12. The van der Waals surface area contributed by atoms with Gasteiger partial charge >= 0.3 is 11.8 Å². The van der Waals surface area contributed by atoms with Gasteiger partial charge in [-0.05, 0) is 12.1 Å². The average molecular weight is 259 g/mol. The van der Waals surface area contributed by atoms with Crippen LogP contribution in [0.25, 0.3) is 11.0 Å². The van der Waals surface area contributed by atoms with Crippen molar-refractivity contribution in [3.8, 4) is 0 Å². The molecule has 2 aromatic rings. The molecule has 0 saturated carbocycles. The van der Waals surface area contributed by atoms with Crippen LogP contribution in [0.5, 0.6) is 0 Å². The van der Waals surface area contributed by atoms with E-state index in [1.165, 1.54) is 18.2 Å². The monoisotopic (exact) mass is 259 g/mol. The van der Waals surface area contributed by atoms with Crippen molar-refractivity contribution in [2.24, 2.45) is 0 Å². The van der Waals surface area contributed by atoms with E-state index in [-0.39, 0.29) is 16.7 Å². The number of halogens is 3. The quantitative estimate of drug-likeness (QED) is 0.582. The minimum absolute atomic E-state index is 0.167. The molecule has 0 aliphatic rings. The standard InChI is InChI=1S/C10H6F3NO2.C2H6/c11-10(12,13)7-4-9(15)16-8-3-5(14)1-2-6(7)8;1-2/h1-4H,14H2;1-2H3. The summed E-state index contributed by atoms with van der Waals surface area (Å²) in [6, 6.07) is 4.11. The van der Waals surface area contributed by atoms with Gasteiger partial charge in [-0.2, -0.15) is 13.2 Å². The highest BCUT2D eigenvalue weighted by molar-refractivity contribution is 5.83. The molecular weight excluding hydrogens is 247 g/mol. The number of benzene rings is 1. The Morgan fingerprint density at radius 3 is 2.33 bits per heavy atom. The lowest BCUT2D eigenvalue weighted by atomic mass is 10.1. The van der Waals surface area contributed by atoms with Crippen LogP contribution < -0.4 is 11.4 Å². The van der Waals surface area contributed by atoms with Gasteiger partial charge in [-0.25, -0.2) is 4.79 Å². The van der Waals surface area contributed by atoms with Crippen LogP contribution in [-0.2, 0) is 6.18 Å². The summed E-state index contributed by atoms with van der Waals surface area (Å²) < 4.78 is 42.4. The van der Waals surface area contributed by atoms with E-state index < -0.39 is 17.4 Å². The van der Waals surface area contributed by atoms with E-state index in [0.29, 0.717) is 6.07 Å². The number of hydrogen-bond acceptors (Lipinski definition) is 3. The van der Waals surface area contributed by atoms with E-state index in [1.807, 2.05) is 13.8 Å². The second-order valence-corrected chi connectivity index (χ2v) is 3.23. The first kappa shape index (κ1) is 14.1. The molecule has 3 nitrogen and oxygen atoms in total. The number of fused-ring (bicyclic) bond motifs is 1. The fraction of sp³-hybridized carbons (Fsp3) is 0.250. The minimum atomic E-state index is -4.59. The first-order valence-electron chi connectivity index (χ1n) is 5.28. The van der Waals surface area contributed by atoms with Gasteiger partial charge in [0.2, 0.25) is 0 Å². The zero-order chi connectivity index (χ0) is 13.9. The highest BCUT2D eigenvalue weighted by Gasteiger charge is 2.33. The van der Waals surface area contributed by atoms with Crippen LogP contribution >= 0.6 is 0 Å². The number of anilines is 1. The van der Waals surface area contributed by atoms with Crippen molar-refractivity contribution < 1.29 is 17.6 Å². The van der Waals surface area contributed by atoms with Gasteiger partial charge in [0.1, 0.15) is 5.58 Å². The van der Waals surface area contributed by atoms with Crippen molar-refractivity contribution in [3.63, 3.8) is 0 Å². The van der Waals surface area contributed by atoms with Crippen molar-refractivity contribution in [1.29, 1.82) is 0 Å². The lowest BCUT2D eigenvalue weighted by molar-refractivity contribution is -0.136. The SMILES string of the molecule is CC.Nc1ccc2c(C(F)(F)F)cc(=O)oc2c1. The maximum Gasteiger partial charge on any atom is 0.417 e. The summed E-state index contributed by atoms with van der Waals surface area (Å²) in [4.78, 5) is 11.0. The van der Waals surface area contributed by atoms with Gasteiger partial charge in [-0.1, -0.05) is 13.8 Å². The Labute approximate surface area is 101 Å². The molecule has 0 amide bonds. The summed E-state index contributed by atoms with van der Waals surface area (Å²) in [7, 11) is 0. The van der Waals surface area contributed by atoms with Gasteiger partial charge in [0, 0.05) is 23.2 Å². The molecule has 0 aliphatic heterocycles. The normalized spacial score (nSPS) is 10.9. The molecule has 0 spiro atoms. The maximum atomic E-state index is 12.6. The van der Waals surface area contributed by atoms with Crippen molar-refractivity contribution in [2.75, 3.05) is 5.73 Å². The van der Waals surface area contributed by atoms with Gasteiger partial charge in [0.05, 0.1) is 5.56 Å². The second-order valence-electron chi connectivity index (χ2n) is 3.23. The number of hydrogen-bond donors (Lipinski definition) is 1. The van der Waals surface area contributed by atoms with Gasteiger partial charge in [0.25, 0.3) is 0 Å². The van der Waals surface area contributed by atoms with Crippen molar-refractivity contribution in [2.45, 2.75) is 20.0 Å². The third-order valence-corrected chi connectivity index (χ3v) is 2.07. The number of nitrogen functional groups attached to an aromatic ring is 1. The Kier molecular flexibility index (Phi) is 4.00. The Morgan fingerprint density at radius 2 is 1.78 bits per heavy atom. The van der Waals surface area contributed by atoms with E-state index in [2.05, 4.69) is 4.42 Å². The molecule has 6 heteroatoms. The van der Waals surface area contributed by atoms with Gasteiger partial charge in [-0.15, -0.1) is 0 Å². The van der Waals surface area contributed by atoms with Crippen molar-refractivity contribution in [3.05, 3.63) is 40.2 Å². The Morgan fingerprint density at radius 1 is 1.17 bits per heavy atom. The van der Waals surface area contributed by atoms with Crippen molar-refractivity contribution >= 4 is 16.7 Å². The van der Waals surface area contributed by atoms with Crippen LogP contribution in [0, 0.1) is 0 Å². The molecular formula is C12H12F3NO2. The van der Waals surface area contributed by atoms with Crippen molar-refractivity contribution in [1.82, 2.24) is 0 Å². The molecule has 0 aliphatic carbocycles. The number of alkyl halides is 3. The molecule has 0 fully saturated rings. The summed E-state index contributed by atoms with van der Waals surface area (Å²) in [5.74, 6) is 0. The van der Waals surface area contributed by atoms with E-state index in [9.17, 15) is 18.0 Å². The van der Waals surface area contributed by atoms with E-state index in [0.717, 1.165) is 0 Å². The van der Waals surface area contributed by atoms with Crippen LogP contribution in [-0.4, -0.2) is 0 Å². The lowest BCUT2D eigenvalue weighted by Gasteiger charge is -2.08. The van der Waals surface area contributed by atoms with Crippen LogP contribution in [0.2, 0.25) is 0 Å². The summed E-state index contributed by atoms with van der Waals surface area (Å²) in [5.41, 5.74) is 3.39. The Hall–Kier alpha value is -1.98. The topological polar surface area (TPSA) is 56.2 Å². The van der Waals surface area contributed by atoms with Crippen LogP contribution in [0.4, 0.5) is 18.9 Å². The fourth-order valence-electron chi connectivity index (χ4n) is 1.41. The third kappa shape index (κ3) is 2.82. The molecule has 2 N–H and O–H groups in total. The zero-order valence-corrected chi connectivity index (χ0v) is 9.84. The predicted molar refractivity (Wildman–Crippen MR) is 63.2 cm³/mol. The Balaban J connectivity index is 0.000000771. The molecule has 18 heavy (non-hydrogen) atoms. The molecule has 0 bridgehead atoms.